The normalized spacial score (nSPS) is 10.3. The summed E-state index contributed by atoms with van der Waals surface area (Å²) in [5.41, 5.74) is 6.38. The molecule has 0 fully saturated rings. The van der Waals surface area contributed by atoms with Crippen LogP contribution in [0.1, 0.15) is 12.0 Å². The van der Waals surface area contributed by atoms with E-state index in [2.05, 4.69) is 4.98 Å². The van der Waals surface area contributed by atoms with Crippen LogP contribution in [0, 0.1) is 0 Å². The predicted octanol–water partition coefficient (Wildman–Crippen LogP) is 2.04. The number of hydrogen-bond acceptors (Lipinski definition) is 6. The van der Waals surface area contributed by atoms with Gasteiger partial charge in [0.25, 0.3) is 0 Å². The van der Waals surface area contributed by atoms with Gasteiger partial charge < -0.3 is 15.2 Å². The summed E-state index contributed by atoms with van der Waals surface area (Å²) in [5, 5.41) is 2.49. The second kappa shape index (κ2) is 7.77. The Hall–Kier alpha value is -2.12. The molecule has 0 saturated heterocycles. The molecule has 0 aliphatic rings. The summed E-state index contributed by atoms with van der Waals surface area (Å²) in [6.45, 7) is 0.681. The summed E-state index contributed by atoms with van der Waals surface area (Å²) in [6.07, 6.45) is 1.95. The van der Waals surface area contributed by atoms with Gasteiger partial charge in [-0.3, -0.25) is 9.69 Å². The number of ether oxygens (including phenoxy) is 2. The maximum atomic E-state index is 12.3. The number of methoxy groups -OCH3 is 2. The largest absolute Gasteiger partial charge is 0.497 e. The van der Waals surface area contributed by atoms with E-state index in [9.17, 15) is 4.79 Å². The first-order valence-electron chi connectivity index (χ1n) is 6.80. The van der Waals surface area contributed by atoms with Crippen LogP contribution in [0.2, 0.25) is 0 Å². The molecule has 6 nitrogen and oxygen atoms in total. The fraction of sp³-hybridized carbons (Fsp3) is 0.333. The molecule has 0 atom stereocenters. The van der Waals surface area contributed by atoms with Crippen molar-refractivity contribution >= 4 is 22.4 Å². The fourth-order valence-corrected chi connectivity index (χ4v) is 2.68. The topological polar surface area (TPSA) is 77.7 Å². The van der Waals surface area contributed by atoms with E-state index in [-0.39, 0.29) is 12.3 Å². The standard InChI is InChI=1S/C15H19N3O3S/c1-20-12-4-3-11(13(9-12)21-2)10-18(14(19)5-6-16)15-17-7-8-22-15/h3-4,7-9H,5-6,10,16H2,1-2H3. The van der Waals surface area contributed by atoms with Crippen molar-refractivity contribution in [2.75, 3.05) is 25.7 Å². The van der Waals surface area contributed by atoms with Crippen LogP contribution in [-0.4, -0.2) is 31.7 Å². The zero-order chi connectivity index (χ0) is 15.9. The fourth-order valence-electron chi connectivity index (χ4n) is 2.02. The molecule has 1 amide bonds. The monoisotopic (exact) mass is 321 g/mol. The highest BCUT2D eigenvalue weighted by Gasteiger charge is 2.19. The molecule has 118 valence electrons. The van der Waals surface area contributed by atoms with Crippen LogP contribution in [-0.2, 0) is 11.3 Å². The Morgan fingerprint density at radius 2 is 2.18 bits per heavy atom. The number of carbonyl (C=O) groups excluding carboxylic acids is 1. The molecule has 1 aromatic heterocycles. The predicted molar refractivity (Wildman–Crippen MR) is 86.5 cm³/mol. The molecule has 0 radical (unpaired) electrons. The second-order valence-corrected chi connectivity index (χ2v) is 5.38. The van der Waals surface area contributed by atoms with E-state index >= 15 is 0 Å². The summed E-state index contributed by atoms with van der Waals surface area (Å²) in [5.74, 6) is 1.31. The highest BCUT2D eigenvalue weighted by Crippen LogP contribution is 2.28. The summed E-state index contributed by atoms with van der Waals surface area (Å²) in [6, 6.07) is 5.52. The van der Waals surface area contributed by atoms with E-state index < -0.39 is 0 Å². The minimum Gasteiger partial charge on any atom is -0.497 e. The third-order valence-electron chi connectivity index (χ3n) is 3.13. The van der Waals surface area contributed by atoms with Gasteiger partial charge in [0.2, 0.25) is 5.91 Å². The average molecular weight is 321 g/mol. The SMILES string of the molecule is COc1ccc(CN(C(=O)CCN)c2nccs2)c(OC)c1. The lowest BCUT2D eigenvalue weighted by atomic mass is 10.1. The van der Waals surface area contributed by atoms with Gasteiger partial charge in [0.1, 0.15) is 11.5 Å². The Morgan fingerprint density at radius 1 is 1.36 bits per heavy atom. The van der Waals surface area contributed by atoms with Gasteiger partial charge in [-0.1, -0.05) is 0 Å². The Labute approximate surface area is 133 Å². The van der Waals surface area contributed by atoms with E-state index in [1.165, 1.54) is 11.3 Å². The minimum atomic E-state index is -0.0599. The van der Waals surface area contributed by atoms with Crippen molar-refractivity contribution in [1.82, 2.24) is 4.98 Å². The van der Waals surface area contributed by atoms with Gasteiger partial charge >= 0.3 is 0 Å². The number of benzene rings is 1. The van der Waals surface area contributed by atoms with Crippen molar-refractivity contribution in [2.24, 2.45) is 5.73 Å². The third kappa shape index (κ3) is 3.75. The van der Waals surface area contributed by atoms with Crippen molar-refractivity contribution in [3.63, 3.8) is 0 Å². The lowest BCUT2D eigenvalue weighted by Gasteiger charge is -2.21. The summed E-state index contributed by atoms with van der Waals surface area (Å²) in [4.78, 5) is 18.2. The number of hydrogen-bond donors (Lipinski definition) is 1. The lowest BCUT2D eigenvalue weighted by Crippen LogP contribution is -2.31. The lowest BCUT2D eigenvalue weighted by molar-refractivity contribution is -0.118. The van der Waals surface area contributed by atoms with Crippen molar-refractivity contribution in [1.29, 1.82) is 0 Å². The van der Waals surface area contributed by atoms with E-state index in [0.717, 1.165) is 5.56 Å². The molecule has 2 aromatic rings. The maximum Gasteiger partial charge on any atom is 0.230 e. The highest BCUT2D eigenvalue weighted by atomic mass is 32.1. The molecule has 0 unspecified atom stereocenters. The molecule has 0 aliphatic carbocycles. The van der Waals surface area contributed by atoms with Crippen LogP contribution < -0.4 is 20.1 Å². The average Bonchev–Trinajstić information content (AvgIpc) is 3.06. The van der Waals surface area contributed by atoms with E-state index in [1.54, 1.807) is 31.4 Å². The van der Waals surface area contributed by atoms with Gasteiger partial charge in [0.15, 0.2) is 5.13 Å². The molecule has 0 spiro atoms. The molecule has 22 heavy (non-hydrogen) atoms. The van der Waals surface area contributed by atoms with Crippen molar-refractivity contribution in [3.05, 3.63) is 35.3 Å². The molecular formula is C15H19N3O3S. The quantitative estimate of drug-likeness (QED) is 0.844. The van der Waals surface area contributed by atoms with Gasteiger partial charge in [-0.25, -0.2) is 4.98 Å². The number of carbonyl (C=O) groups is 1. The smallest absolute Gasteiger partial charge is 0.230 e. The van der Waals surface area contributed by atoms with Crippen LogP contribution in [0.4, 0.5) is 5.13 Å². The number of amides is 1. The number of rotatable bonds is 7. The highest BCUT2D eigenvalue weighted by molar-refractivity contribution is 7.13. The maximum absolute atomic E-state index is 12.3. The van der Waals surface area contributed by atoms with Gasteiger partial charge in [-0.15, -0.1) is 11.3 Å². The first kappa shape index (κ1) is 16.3. The van der Waals surface area contributed by atoms with Crippen molar-refractivity contribution in [2.45, 2.75) is 13.0 Å². The van der Waals surface area contributed by atoms with Gasteiger partial charge in [0.05, 0.1) is 20.8 Å². The van der Waals surface area contributed by atoms with E-state index in [4.69, 9.17) is 15.2 Å². The van der Waals surface area contributed by atoms with Crippen LogP contribution in [0.5, 0.6) is 11.5 Å². The van der Waals surface area contributed by atoms with Gasteiger partial charge in [0, 0.05) is 36.2 Å². The molecule has 2 rings (SSSR count). The number of anilines is 1. The Morgan fingerprint density at radius 3 is 2.77 bits per heavy atom. The number of thiazole rings is 1. The number of nitrogens with two attached hydrogens (primary N) is 1. The molecule has 0 bridgehead atoms. The summed E-state index contributed by atoms with van der Waals surface area (Å²) < 4.78 is 10.6. The van der Waals surface area contributed by atoms with Crippen molar-refractivity contribution in [3.8, 4) is 11.5 Å². The minimum absolute atomic E-state index is 0.0599. The Balaban J connectivity index is 2.29. The Bertz CT molecular complexity index is 617. The van der Waals surface area contributed by atoms with E-state index in [0.29, 0.717) is 29.7 Å². The van der Waals surface area contributed by atoms with E-state index in [1.807, 2.05) is 17.5 Å². The van der Waals surface area contributed by atoms with Crippen LogP contribution >= 0.6 is 11.3 Å². The summed E-state index contributed by atoms with van der Waals surface area (Å²) >= 11 is 1.41. The van der Waals surface area contributed by atoms with Crippen LogP contribution in [0.15, 0.2) is 29.8 Å². The van der Waals surface area contributed by atoms with Crippen LogP contribution in [0.3, 0.4) is 0 Å². The molecule has 0 saturated carbocycles. The van der Waals surface area contributed by atoms with Gasteiger partial charge in [-0.05, 0) is 12.1 Å². The first-order valence-corrected chi connectivity index (χ1v) is 7.68. The molecule has 1 aromatic carbocycles. The zero-order valence-electron chi connectivity index (χ0n) is 12.6. The summed E-state index contributed by atoms with van der Waals surface area (Å²) in [7, 11) is 3.19. The molecule has 2 N–H and O–H groups in total. The molecule has 0 aliphatic heterocycles. The molecule has 7 heteroatoms. The number of nitrogens with zero attached hydrogens (tertiary/aromatic N) is 2. The van der Waals surface area contributed by atoms with Crippen LogP contribution in [0.25, 0.3) is 0 Å². The number of aromatic nitrogens is 1. The second-order valence-electron chi connectivity index (χ2n) is 4.51. The third-order valence-corrected chi connectivity index (χ3v) is 3.93. The zero-order valence-corrected chi connectivity index (χ0v) is 13.4. The molecule has 1 heterocycles. The molecular weight excluding hydrogens is 302 g/mol. The first-order chi connectivity index (χ1) is 10.7. The van der Waals surface area contributed by atoms with Gasteiger partial charge in [-0.2, -0.15) is 0 Å². The Kier molecular flexibility index (Phi) is 5.74. The van der Waals surface area contributed by atoms with Crippen molar-refractivity contribution < 1.29 is 14.3 Å².